The molecule has 0 heterocycles. The van der Waals surface area contributed by atoms with E-state index in [2.05, 4.69) is 4.18 Å². The predicted octanol–water partition coefficient (Wildman–Crippen LogP) is 1.70. The van der Waals surface area contributed by atoms with Crippen molar-refractivity contribution < 1.29 is 25.8 Å². The van der Waals surface area contributed by atoms with E-state index in [1.54, 1.807) is 0 Å². The molecule has 0 aromatic rings. The maximum atomic E-state index is 12.5. The molecule has 14 heavy (non-hydrogen) atoms. The van der Waals surface area contributed by atoms with E-state index in [1.807, 2.05) is 0 Å². The zero-order chi connectivity index (χ0) is 11.0. The highest BCUT2D eigenvalue weighted by atomic mass is 32.2. The van der Waals surface area contributed by atoms with E-state index in [0.29, 0.717) is 6.42 Å². The van der Waals surface area contributed by atoms with Crippen LogP contribution in [0.25, 0.3) is 0 Å². The average molecular weight is 232 g/mol. The van der Waals surface area contributed by atoms with Crippen LogP contribution in [0.2, 0.25) is 0 Å². The molecule has 0 amide bonds. The number of alkyl halides is 3. The van der Waals surface area contributed by atoms with E-state index < -0.39 is 28.3 Å². The minimum Gasteiger partial charge on any atom is -0.269 e. The van der Waals surface area contributed by atoms with Crippen LogP contribution in [0.3, 0.4) is 0 Å². The highest BCUT2D eigenvalue weighted by Gasteiger charge is 2.58. The topological polar surface area (TPSA) is 43.4 Å². The van der Waals surface area contributed by atoms with E-state index in [9.17, 15) is 21.6 Å². The van der Waals surface area contributed by atoms with E-state index in [-0.39, 0.29) is 12.8 Å². The van der Waals surface area contributed by atoms with Gasteiger partial charge in [-0.05, 0) is 12.8 Å². The molecule has 0 bridgehead atoms. The summed E-state index contributed by atoms with van der Waals surface area (Å²) in [6, 6.07) is 0. The summed E-state index contributed by atoms with van der Waals surface area (Å²) in [5.74, 6) is 0. The van der Waals surface area contributed by atoms with Crippen molar-refractivity contribution in [3.8, 4) is 0 Å². The first-order chi connectivity index (χ1) is 6.16. The molecule has 7 heteroatoms. The molecule has 1 fully saturated rings. The summed E-state index contributed by atoms with van der Waals surface area (Å²) < 4.78 is 62.7. The van der Waals surface area contributed by atoms with Gasteiger partial charge in [-0.3, -0.25) is 4.18 Å². The molecular formula is C7H11F3O3S. The van der Waals surface area contributed by atoms with Crippen LogP contribution in [-0.4, -0.2) is 27.5 Å². The summed E-state index contributed by atoms with van der Waals surface area (Å²) in [4.78, 5) is 0. The Labute approximate surface area is 80.4 Å². The summed E-state index contributed by atoms with van der Waals surface area (Å²) in [7, 11) is -3.79. The van der Waals surface area contributed by atoms with Crippen LogP contribution in [0.15, 0.2) is 0 Å². The van der Waals surface area contributed by atoms with Crippen molar-refractivity contribution in [2.75, 3.05) is 12.9 Å². The third-order valence-corrected chi connectivity index (χ3v) is 3.01. The van der Waals surface area contributed by atoms with Gasteiger partial charge in [-0.15, -0.1) is 0 Å². The molecule has 0 spiro atoms. The van der Waals surface area contributed by atoms with E-state index >= 15 is 0 Å². The largest absolute Gasteiger partial charge is 0.396 e. The Morgan fingerprint density at radius 3 is 2.07 bits per heavy atom. The van der Waals surface area contributed by atoms with Gasteiger partial charge in [-0.2, -0.15) is 21.6 Å². The van der Waals surface area contributed by atoms with Crippen molar-refractivity contribution in [2.45, 2.75) is 25.4 Å². The van der Waals surface area contributed by atoms with Gasteiger partial charge in [0, 0.05) is 0 Å². The fraction of sp³-hybridized carbons (Fsp3) is 1.00. The van der Waals surface area contributed by atoms with Gasteiger partial charge < -0.3 is 0 Å². The van der Waals surface area contributed by atoms with Crippen molar-refractivity contribution in [1.29, 1.82) is 0 Å². The van der Waals surface area contributed by atoms with E-state index in [4.69, 9.17) is 0 Å². The van der Waals surface area contributed by atoms with Crippen LogP contribution in [0.1, 0.15) is 19.3 Å². The molecule has 0 aromatic heterocycles. The summed E-state index contributed by atoms with van der Waals surface area (Å²) in [6.07, 6.45) is -3.27. The van der Waals surface area contributed by atoms with Gasteiger partial charge in [0.1, 0.15) is 0 Å². The smallest absolute Gasteiger partial charge is 0.269 e. The minimum absolute atomic E-state index is 0.0496. The normalized spacial score (nSPS) is 21.7. The van der Waals surface area contributed by atoms with Gasteiger partial charge in [-0.1, -0.05) is 6.42 Å². The zero-order valence-electron chi connectivity index (χ0n) is 7.60. The SMILES string of the molecule is CS(=O)(=O)OCC1(C(F)(F)F)CCC1. The molecule has 0 unspecified atom stereocenters. The summed E-state index contributed by atoms with van der Waals surface area (Å²) in [5.41, 5.74) is -1.93. The third-order valence-electron chi connectivity index (χ3n) is 2.46. The first kappa shape index (κ1) is 11.8. The van der Waals surface area contributed by atoms with Crippen LogP contribution >= 0.6 is 0 Å². The van der Waals surface area contributed by atoms with Gasteiger partial charge in [0.15, 0.2) is 0 Å². The Hall–Kier alpha value is -0.300. The second-order valence-electron chi connectivity index (χ2n) is 3.60. The third kappa shape index (κ3) is 2.38. The van der Waals surface area contributed by atoms with Crippen LogP contribution < -0.4 is 0 Å². The highest BCUT2D eigenvalue weighted by Crippen LogP contribution is 2.53. The van der Waals surface area contributed by atoms with Gasteiger partial charge in [-0.25, -0.2) is 0 Å². The summed E-state index contributed by atoms with van der Waals surface area (Å²) in [6.45, 7) is -0.782. The monoisotopic (exact) mass is 232 g/mol. The second-order valence-corrected chi connectivity index (χ2v) is 5.24. The van der Waals surface area contributed by atoms with Crippen LogP contribution in [-0.2, 0) is 14.3 Å². The van der Waals surface area contributed by atoms with Crippen molar-refractivity contribution in [3.63, 3.8) is 0 Å². The number of hydrogen-bond acceptors (Lipinski definition) is 3. The van der Waals surface area contributed by atoms with Gasteiger partial charge in [0.25, 0.3) is 10.1 Å². The second kappa shape index (κ2) is 3.37. The van der Waals surface area contributed by atoms with Crippen LogP contribution in [0, 0.1) is 5.41 Å². The molecule has 84 valence electrons. The molecule has 0 saturated heterocycles. The maximum absolute atomic E-state index is 12.5. The van der Waals surface area contributed by atoms with Crippen molar-refractivity contribution >= 4 is 10.1 Å². The molecule has 1 aliphatic carbocycles. The molecule has 0 aliphatic heterocycles. The van der Waals surface area contributed by atoms with Gasteiger partial charge in [0.2, 0.25) is 0 Å². The Balaban J connectivity index is 2.65. The molecule has 0 radical (unpaired) electrons. The lowest BCUT2D eigenvalue weighted by molar-refractivity contribution is -0.259. The molecular weight excluding hydrogens is 221 g/mol. The fourth-order valence-corrected chi connectivity index (χ4v) is 1.77. The van der Waals surface area contributed by atoms with Crippen LogP contribution in [0.4, 0.5) is 13.2 Å². The number of rotatable bonds is 3. The lowest BCUT2D eigenvalue weighted by Crippen LogP contribution is -2.47. The predicted molar refractivity (Wildman–Crippen MR) is 43.1 cm³/mol. The Bertz CT molecular complexity index is 303. The molecule has 0 aromatic carbocycles. The minimum atomic E-state index is -4.38. The fourth-order valence-electron chi connectivity index (χ4n) is 1.33. The van der Waals surface area contributed by atoms with Crippen molar-refractivity contribution in [3.05, 3.63) is 0 Å². The summed E-state index contributed by atoms with van der Waals surface area (Å²) in [5, 5.41) is 0. The Morgan fingerprint density at radius 2 is 1.86 bits per heavy atom. The quantitative estimate of drug-likeness (QED) is 0.695. The standard InChI is InChI=1S/C7H11F3O3S/c1-14(11,12)13-5-6(3-2-4-6)7(8,9)10/h2-5H2,1H3. The van der Waals surface area contributed by atoms with E-state index in [1.165, 1.54) is 0 Å². The maximum Gasteiger partial charge on any atom is 0.396 e. The zero-order valence-corrected chi connectivity index (χ0v) is 8.41. The average Bonchev–Trinajstić information content (AvgIpc) is 1.77. The molecule has 0 atom stereocenters. The van der Waals surface area contributed by atoms with Crippen molar-refractivity contribution in [2.24, 2.45) is 5.41 Å². The first-order valence-electron chi connectivity index (χ1n) is 4.07. The molecule has 1 rings (SSSR count). The van der Waals surface area contributed by atoms with Crippen LogP contribution in [0.5, 0.6) is 0 Å². The van der Waals surface area contributed by atoms with Gasteiger partial charge >= 0.3 is 6.18 Å². The first-order valence-corrected chi connectivity index (χ1v) is 5.89. The number of halogens is 3. The molecule has 3 nitrogen and oxygen atoms in total. The number of hydrogen-bond donors (Lipinski definition) is 0. The molecule has 0 N–H and O–H groups in total. The molecule has 1 saturated carbocycles. The Morgan fingerprint density at radius 1 is 1.36 bits per heavy atom. The van der Waals surface area contributed by atoms with Gasteiger partial charge in [0.05, 0.1) is 18.3 Å². The lowest BCUT2D eigenvalue weighted by atomic mass is 9.69. The summed E-state index contributed by atoms with van der Waals surface area (Å²) >= 11 is 0. The highest BCUT2D eigenvalue weighted by molar-refractivity contribution is 7.85. The van der Waals surface area contributed by atoms with E-state index in [0.717, 1.165) is 6.26 Å². The lowest BCUT2D eigenvalue weighted by Gasteiger charge is -2.42. The molecule has 1 aliphatic rings. The Kier molecular flexibility index (Phi) is 2.84. The van der Waals surface area contributed by atoms with Crippen molar-refractivity contribution in [1.82, 2.24) is 0 Å².